The van der Waals surface area contributed by atoms with Crippen LogP contribution in [-0.2, 0) is 4.79 Å². The molecule has 0 atom stereocenters. The number of phenols is 1. The normalized spacial score (nSPS) is 14.2. The first kappa shape index (κ1) is 15.8. The van der Waals surface area contributed by atoms with Crippen molar-refractivity contribution in [2.75, 3.05) is 18.8 Å². The van der Waals surface area contributed by atoms with E-state index in [9.17, 15) is 9.90 Å². The SMILES string of the molecule is CC(=O)O.Nc1cccc(C(=O)N2CCCCC2)c1O. The predicted octanol–water partition coefficient (Wildman–Crippen LogP) is 1.69. The van der Waals surface area contributed by atoms with Gasteiger partial charge in [-0.25, -0.2) is 0 Å². The Morgan fingerprint density at radius 2 is 1.75 bits per heavy atom. The van der Waals surface area contributed by atoms with Crippen molar-refractivity contribution in [3.63, 3.8) is 0 Å². The molecule has 6 nitrogen and oxygen atoms in total. The van der Waals surface area contributed by atoms with Crippen LogP contribution in [0.3, 0.4) is 0 Å². The quantitative estimate of drug-likeness (QED) is 0.536. The lowest BCUT2D eigenvalue weighted by Crippen LogP contribution is -2.35. The number of carboxylic acids is 1. The van der Waals surface area contributed by atoms with Crippen molar-refractivity contribution < 1.29 is 19.8 Å². The van der Waals surface area contributed by atoms with Crippen LogP contribution in [0.4, 0.5) is 5.69 Å². The summed E-state index contributed by atoms with van der Waals surface area (Å²) in [5.74, 6) is -1.05. The molecule has 1 heterocycles. The predicted molar refractivity (Wildman–Crippen MR) is 75.6 cm³/mol. The minimum atomic E-state index is -0.833. The second-order valence-corrected chi connectivity index (χ2v) is 4.62. The van der Waals surface area contributed by atoms with E-state index in [-0.39, 0.29) is 17.3 Å². The number of anilines is 1. The van der Waals surface area contributed by atoms with E-state index in [2.05, 4.69) is 0 Å². The highest BCUT2D eigenvalue weighted by atomic mass is 16.4. The number of nitrogens with two attached hydrogens (primary N) is 1. The number of carboxylic acid groups (broad SMARTS) is 1. The van der Waals surface area contributed by atoms with Gasteiger partial charge in [-0.1, -0.05) is 6.07 Å². The number of phenolic OH excluding ortho intramolecular Hbond substituents is 1. The van der Waals surface area contributed by atoms with E-state index >= 15 is 0 Å². The molecule has 1 saturated heterocycles. The van der Waals surface area contributed by atoms with Crippen molar-refractivity contribution in [2.24, 2.45) is 0 Å². The first-order valence-corrected chi connectivity index (χ1v) is 6.49. The molecule has 110 valence electrons. The zero-order valence-corrected chi connectivity index (χ0v) is 11.5. The number of carbonyl (C=O) groups is 2. The molecule has 1 amide bonds. The number of rotatable bonds is 1. The molecule has 4 N–H and O–H groups in total. The largest absolute Gasteiger partial charge is 0.505 e. The summed E-state index contributed by atoms with van der Waals surface area (Å²) in [6, 6.07) is 4.89. The number of para-hydroxylation sites is 1. The first-order valence-electron chi connectivity index (χ1n) is 6.49. The maximum absolute atomic E-state index is 12.1. The van der Waals surface area contributed by atoms with Crippen LogP contribution < -0.4 is 5.73 Å². The topological polar surface area (TPSA) is 104 Å². The van der Waals surface area contributed by atoms with Gasteiger partial charge in [0.1, 0.15) is 0 Å². The number of benzene rings is 1. The lowest BCUT2D eigenvalue weighted by molar-refractivity contribution is -0.134. The van der Waals surface area contributed by atoms with E-state index in [4.69, 9.17) is 15.6 Å². The second kappa shape index (κ2) is 7.37. The smallest absolute Gasteiger partial charge is 0.300 e. The van der Waals surface area contributed by atoms with Gasteiger partial charge in [-0.2, -0.15) is 0 Å². The molecule has 0 spiro atoms. The van der Waals surface area contributed by atoms with Crippen LogP contribution in [0.5, 0.6) is 5.75 Å². The number of nitrogens with zero attached hydrogens (tertiary/aromatic N) is 1. The summed E-state index contributed by atoms with van der Waals surface area (Å²) in [7, 11) is 0. The summed E-state index contributed by atoms with van der Waals surface area (Å²) >= 11 is 0. The molecule has 1 aliphatic rings. The highest BCUT2D eigenvalue weighted by molar-refractivity contribution is 5.98. The average molecular weight is 280 g/mol. The van der Waals surface area contributed by atoms with E-state index in [1.54, 1.807) is 23.1 Å². The summed E-state index contributed by atoms with van der Waals surface area (Å²) in [4.78, 5) is 22.9. The Labute approximate surface area is 117 Å². The zero-order valence-electron chi connectivity index (χ0n) is 11.5. The van der Waals surface area contributed by atoms with Crippen molar-refractivity contribution in [2.45, 2.75) is 26.2 Å². The molecule has 0 aliphatic carbocycles. The van der Waals surface area contributed by atoms with Crippen molar-refractivity contribution >= 4 is 17.6 Å². The molecule has 2 rings (SSSR count). The molecular weight excluding hydrogens is 260 g/mol. The Kier molecular flexibility index (Phi) is 5.83. The Bertz CT molecular complexity index is 478. The number of piperidine rings is 1. The van der Waals surface area contributed by atoms with Gasteiger partial charge in [-0.3, -0.25) is 9.59 Å². The minimum Gasteiger partial charge on any atom is -0.505 e. The van der Waals surface area contributed by atoms with Crippen molar-refractivity contribution in [1.29, 1.82) is 0 Å². The Balaban J connectivity index is 0.000000444. The first-order chi connectivity index (χ1) is 9.43. The molecule has 1 aromatic rings. The van der Waals surface area contributed by atoms with Crippen molar-refractivity contribution in [3.05, 3.63) is 23.8 Å². The maximum atomic E-state index is 12.1. The van der Waals surface area contributed by atoms with E-state index in [1.807, 2.05) is 0 Å². The van der Waals surface area contributed by atoms with Crippen LogP contribution in [-0.4, -0.2) is 40.1 Å². The summed E-state index contributed by atoms with van der Waals surface area (Å²) in [6.45, 7) is 2.63. The van der Waals surface area contributed by atoms with Gasteiger partial charge in [0.25, 0.3) is 11.9 Å². The van der Waals surface area contributed by atoms with Gasteiger partial charge < -0.3 is 20.8 Å². The van der Waals surface area contributed by atoms with E-state index < -0.39 is 5.97 Å². The Morgan fingerprint density at radius 3 is 2.30 bits per heavy atom. The third-order valence-corrected chi connectivity index (χ3v) is 2.94. The fourth-order valence-electron chi connectivity index (χ4n) is 2.00. The summed E-state index contributed by atoms with van der Waals surface area (Å²) in [6.07, 6.45) is 3.25. The van der Waals surface area contributed by atoms with Crippen LogP contribution in [0, 0.1) is 0 Å². The van der Waals surface area contributed by atoms with Gasteiger partial charge in [0.05, 0.1) is 11.3 Å². The van der Waals surface area contributed by atoms with E-state index in [1.165, 1.54) is 6.42 Å². The average Bonchev–Trinajstić information content (AvgIpc) is 2.41. The Hall–Kier alpha value is -2.24. The highest BCUT2D eigenvalue weighted by Gasteiger charge is 2.21. The van der Waals surface area contributed by atoms with Crippen LogP contribution in [0.25, 0.3) is 0 Å². The van der Waals surface area contributed by atoms with Crippen molar-refractivity contribution in [3.8, 4) is 5.75 Å². The molecule has 1 aromatic carbocycles. The minimum absolute atomic E-state index is 0.0990. The monoisotopic (exact) mass is 280 g/mol. The summed E-state index contributed by atoms with van der Waals surface area (Å²) < 4.78 is 0. The molecule has 0 radical (unpaired) electrons. The maximum Gasteiger partial charge on any atom is 0.300 e. The lowest BCUT2D eigenvalue weighted by Gasteiger charge is -2.27. The van der Waals surface area contributed by atoms with Crippen molar-refractivity contribution in [1.82, 2.24) is 4.90 Å². The van der Waals surface area contributed by atoms with Gasteiger partial charge in [-0.15, -0.1) is 0 Å². The zero-order chi connectivity index (χ0) is 15.1. The number of amides is 1. The molecule has 1 aliphatic heterocycles. The van der Waals surface area contributed by atoms with E-state index in [0.29, 0.717) is 5.56 Å². The number of hydrogen-bond donors (Lipinski definition) is 3. The second-order valence-electron chi connectivity index (χ2n) is 4.62. The highest BCUT2D eigenvalue weighted by Crippen LogP contribution is 2.26. The summed E-state index contributed by atoms with van der Waals surface area (Å²) in [5, 5.41) is 17.1. The fourth-order valence-corrected chi connectivity index (χ4v) is 2.00. The van der Waals surface area contributed by atoms with Crippen LogP contribution >= 0.6 is 0 Å². The van der Waals surface area contributed by atoms with Crippen LogP contribution in [0.1, 0.15) is 36.5 Å². The number of likely N-dealkylation sites (tertiary alicyclic amines) is 1. The number of hydrogen-bond acceptors (Lipinski definition) is 4. The third kappa shape index (κ3) is 4.46. The number of carbonyl (C=O) groups excluding carboxylic acids is 1. The molecule has 0 bridgehead atoms. The van der Waals surface area contributed by atoms with Crippen LogP contribution in [0.2, 0.25) is 0 Å². The third-order valence-electron chi connectivity index (χ3n) is 2.94. The Morgan fingerprint density at radius 1 is 1.20 bits per heavy atom. The van der Waals surface area contributed by atoms with Gasteiger partial charge in [0, 0.05) is 20.0 Å². The van der Waals surface area contributed by atoms with E-state index in [0.717, 1.165) is 32.9 Å². The lowest BCUT2D eigenvalue weighted by atomic mass is 10.1. The van der Waals surface area contributed by atoms with Gasteiger partial charge >= 0.3 is 0 Å². The number of aromatic hydroxyl groups is 1. The molecule has 0 aromatic heterocycles. The molecule has 20 heavy (non-hydrogen) atoms. The number of aliphatic carboxylic acids is 1. The molecule has 0 saturated carbocycles. The standard InChI is InChI=1S/C12H16N2O2.C2H4O2/c13-10-6-4-5-9(11(10)15)12(16)14-7-2-1-3-8-14;1-2(3)4/h4-6,15H,1-3,7-8,13H2;1H3,(H,3,4). The van der Waals surface area contributed by atoms with Gasteiger partial charge in [0.15, 0.2) is 5.75 Å². The van der Waals surface area contributed by atoms with Crippen LogP contribution in [0.15, 0.2) is 18.2 Å². The molecule has 1 fully saturated rings. The molecular formula is C14H20N2O4. The van der Waals surface area contributed by atoms with Gasteiger partial charge in [-0.05, 0) is 31.4 Å². The number of nitrogen functional groups attached to an aromatic ring is 1. The summed E-state index contributed by atoms with van der Waals surface area (Å²) in [5.41, 5.74) is 6.13. The molecule has 6 heteroatoms. The fraction of sp³-hybridized carbons (Fsp3) is 0.429. The van der Waals surface area contributed by atoms with Gasteiger partial charge in [0.2, 0.25) is 0 Å². The molecule has 0 unspecified atom stereocenters.